The molecule has 5 unspecified atom stereocenters. The maximum Gasteiger partial charge on any atom is 0.311 e. The highest BCUT2D eigenvalue weighted by Gasteiger charge is 2.75. The Morgan fingerprint density at radius 2 is 1.92 bits per heavy atom. The van der Waals surface area contributed by atoms with Crippen molar-refractivity contribution in [2.75, 3.05) is 18.6 Å². The van der Waals surface area contributed by atoms with Gasteiger partial charge in [0.25, 0.3) is 5.69 Å². The first-order chi connectivity index (χ1) is 17.3. The molecule has 1 spiro atoms. The average Bonchev–Trinajstić information content (AvgIpc) is 3.61. The van der Waals surface area contributed by atoms with E-state index >= 15 is 0 Å². The summed E-state index contributed by atoms with van der Waals surface area (Å²) in [5, 5.41) is 11.4. The zero-order valence-electron chi connectivity index (χ0n) is 19.5. The standard InChI is InChI=1S/C27H22N2O7/c1-3-35-25(31)23-20-15-11-10-14(29(33)34)13-16(15)24(30)21(20)22(19-9-6-12-36-19)27(23)17-7-4-5-8-18(17)28(2)26(27)32/h4-13,20-23H,3H2,1-2H3. The smallest absolute Gasteiger partial charge is 0.311 e. The molecule has 2 aliphatic carbocycles. The fourth-order valence-electron chi connectivity index (χ4n) is 6.86. The predicted molar refractivity (Wildman–Crippen MR) is 127 cm³/mol. The van der Waals surface area contributed by atoms with Gasteiger partial charge in [-0.3, -0.25) is 24.5 Å². The SMILES string of the molecule is CCOC(=O)C1C2c3ccc([N+](=O)[O-])cc3C(=O)C2C(c2ccco2)C12C(=O)N(C)c1ccccc12. The fraction of sp³-hybridized carbons (Fsp3) is 0.296. The van der Waals surface area contributed by atoms with Gasteiger partial charge >= 0.3 is 5.97 Å². The van der Waals surface area contributed by atoms with Crippen LogP contribution in [0.15, 0.2) is 65.3 Å². The number of carbonyl (C=O) groups is 3. The molecule has 2 heterocycles. The topological polar surface area (TPSA) is 120 Å². The van der Waals surface area contributed by atoms with E-state index in [4.69, 9.17) is 9.15 Å². The molecule has 5 atom stereocenters. The summed E-state index contributed by atoms with van der Waals surface area (Å²) in [7, 11) is 1.66. The number of carbonyl (C=O) groups excluding carboxylic acids is 3. The highest BCUT2D eigenvalue weighted by molar-refractivity contribution is 6.15. The van der Waals surface area contributed by atoms with Crippen molar-refractivity contribution in [2.24, 2.45) is 11.8 Å². The van der Waals surface area contributed by atoms with Crippen LogP contribution in [0.2, 0.25) is 0 Å². The van der Waals surface area contributed by atoms with Gasteiger partial charge in [0.15, 0.2) is 5.78 Å². The number of fused-ring (bicyclic) bond motifs is 5. The molecule has 0 radical (unpaired) electrons. The number of amides is 1. The van der Waals surface area contributed by atoms with Crippen molar-refractivity contribution in [1.29, 1.82) is 0 Å². The summed E-state index contributed by atoms with van der Waals surface area (Å²) in [5.41, 5.74) is 0.363. The Bertz CT molecular complexity index is 1450. The van der Waals surface area contributed by atoms with E-state index in [1.807, 2.05) is 24.3 Å². The van der Waals surface area contributed by atoms with Crippen LogP contribution in [-0.2, 0) is 19.7 Å². The first-order valence-electron chi connectivity index (χ1n) is 11.7. The minimum absolute atomic E-state index is 0.0982. The normalized spacial score (nSPS) is 27.8. The Morgan fingerprint density at radius 1 is 1.14 bits per heavy atom. The molecule has 1 aromatic heterocycles. The first kappa shape index (κ1) is 22.2. The van der Waals surface area contributed by atoms with Crippen LogP contribution in [0.4, 0.5) is 11.4 Å². The summed E-state index contributed by atoms with van der Waals surface area (Å²) in [6.07, 6.45) is 1.47. The lowest BCUT2D eigenvalue weighted by molar-refractivity contribution is -0.384. The third-order valence-corrected chi connectivity index (χ3v) is 8.02. The molecule has 6 rings (SSSR count). The molecular weight excluding hydrogens is 464 g/mol. The minimum Gasteiger partial charge on any atom is -0.469 e. The monoisotopic (exact) mass is 486 g/mol. The molecular formula is C27H22N2O7. The van der Waals surface area contributed by atoms with Crippen LogP contribution in [0, 0.1) is 22.0 Å². The van der Waals surface area contributed by atoms with Crippen molar-refractivity contribution in [3.63, 3.8) is 0 Å². The first-order valence-corrected chi connectivity index (χ1v) is 11.7. The molecule has 1 aliphatic heterocycles. The van der Waals surface area contributed by atoms with Crippen LogP contribution in [-0.4, -0.2) is 36.2 Å². The number of nitro benzene ring substituents is 1. The Labute approximate surface area is 205 Å². The van der Waals surface area contributed by atoms with Crippen molar-refractivity contribution in [3.05, 3.63) is 93.4 Å². The number of Topliss-reactive ketones (excluding diaryl/α,β-unsaturated/α-hetero) is 1. The number of likely N-dealkylation sites (N-methyl/N-ethyl adjacent to an activating group) is 1. The number of rotatable bonds is 4. The zero-order chi connectivity index (χ0) is 25.4. The van der Waals surface area contributed by atoms with Crippen LogP contribution < -0.4 is 4.90 Å². The molecule has 182 valence electrons. The highest BCUT2D eigenvalue weighted by atomic mass is 16.6. The maximum absolute atomic E-state index is 14.3. The Balaban J connectivity index is 1.69. The zero-order valence-corrected chi connectivity index (χ0v) is 19.5. The van der Waals surface area contributed by atoms with E-state index < -0.39 is 40.0 Å². The molecule has 1 fully saturated rings. The number of nitro groups is 1. The number of hydrogen-bond donors (Lipinski definition) is 0. The molecule has 0 saturated heterocycles. The lowest BCUT2D eigenvalue weighted by Crippen LogP contribution is -2.49. The maximum atomic E-state index is 14.3. The van der Waals surface area contributed by atoms with Gasteiger partial charge < -0.3 is 14.1 Å². The molecule has 1 amide bonds. The number of non-ortho nitro benzene ring substituents is 1. The number of ether oxygens (including phenoxy) is 1. The molecule has 9 nitrogen and oxygen atoms in total. The number of hydrogen-bond acceptors (Lipinski definition) is 7. The van der Waals surface area contributed by atoms with Crippen LogP contribution in [0.1, 0.15) is 46.0 Å². The number of nitrogens with zero attached hydrogens (tertiary/aromatic N) is 2. The second-order valence-corrected chi connectivity index (χ2v) is 9.42. The van der Waals surface area contributed by atoms with Crippen molar-refractivity contribution in [1.82, 2.24) is 0 Å². The van der Waals surface area contributed by atoms with E-state index in [1.54, 1.807) is 26.1 Å². The van der Waals surface area contributed by atoms with Crippen LogP contribution in [0.3, 0.4) is 0 Å². The largest absolute Gasteiger partial charge is 0.469 e. The Morgan fingerprint density at radius 3 is 2.61 bits per heavy atom. The van der Waals surface area contributed by atoms with Crippen molar-refractivity contribution >= 4 is 29.0 Å². The summed E-state index contributed by atoms with van der Waals surface area (Å²) < 4.78 is 11.4. The van der Waals surface area contributed by atoms with E-state index in [9.17, 15) is 24.5 Å². The highest BCUT2D eigenvalue weighted by Crippen LogP contribution is 2.70. The number of esters is 1. The van der Waals surface area contributed by atoms with Crippen molar-refractivity contribution in [2.45, 2.75) is 24.2 Å². The van der Waals surface area contributed by atoms with Gasteiger partial charge in [-0.25, -0.2) is 0 Å². The van der Waals surface area contributed by atoms with Gasteiger partial charge in [-0.1, -0.05) is 24.3 Å². The lowest BCUT2D eigenvalue weighted by Gasteiger charge is -2.35. The number of para-hydroxylation sites is 1. The number of ketones is 1. The number of benzene rings is 2. The molecule has 36 heavy (non-hydrogen) atoms. The molecule has 0 bridgehead atoms. The van der Waals surface area contributed by atoms with Crippen molar-refractivity contribution in [3.8, 4) is 0 Å². The second kappa shape index (κ2) is 7.61. The minimum atomic E-state index is -1.44. The van der Waals surface area contributed by atoms with E-state index in [0.29, 0.717) is 22.6 Å². The molecule has 3 aliphatic rings. The van der Waals surface area contributed by atoms with Crippen LogP contribution >= 0.6 is 0 Å². The average molecular weight is 486 g/mol. The van der Waals surface area contributed by atoms with Gasteiger partial charge in [-0.15, -0.1) is 0 Å². The summed E-state index contributed by atoms with van der Waals surface area (Å²) in [6, 6.07) is 14.8. The lowest BCUT2D eigenvalue weighted by atomic mass is 9.64. The summed E-state index contributed by atoms with van der Waals surface area (Å²) in [5.74, 6) is -4.24. The van der Waals surface area contributed by atoms with Gasteiger partial charge in [0, 0.05) is 48.2 Å². The third-order valence-electron chi connectivity index (χ3n) is 8.02. The van der Waals surface area contributed by atoms with Gasteiger partial charge in [0.2, 0.25) is 5.91 Å². The predicted octanol–water partition coefficient (Wildman–Crippen LogP) is 3.98. The summed E-state index contributed by atoms with van der Waals surface area (Å²) >= 11 is 0. The number of furan rings is 1. The molecule has 9 heteroatoms. The van der Waals surface area contributed by atoms with Crippen LogP contribution in [0.25, 0.3) is 0 Å². The molecule has 3 aromatic rings. The Kier molecular flexibility index (Phi) is 4.70. The van der Waals surface area contributed by atoms with E-state index in [2.05, 4.69) is 0 Å². The Hall–Kier alpha value is -4.27. The van der Waals surface area contributed by atoms with E-state index in [-0.39, 0.29) is 29.5 Å². The summed E-state index contributed by atoms with van der Waals surface area (Å²) in [4.78, 5) is 54.5. The fourth-order valence-corrected chi connectivity index (χ4v) is 6.86. The summed E-state index contributed by atoms with van der Waals surface area (Å²) in [6.45, 7) is 1.79. The van der Waals surface area contributed by atoms with Gasteiger partial charge in [0.05, 0.1) is 23.7 Å². The quantitative estimate of drug-likeness (QED) is 0.311. The van der Waals surface area contributed by atoms with Gasteiger partial charge in [-0.2, -0.15) is 0 Å². The van der Waals surface area contributed by atoms with Gasteiger partial charge in [0.1, 0.15) is 11.2 Å². The molecule has 2 aromatic carbocycles. The van der Waals surface area contributed by atoms with Crippen LogP contribution in [0.5, 0.6) is 0 Å². The van der Waals surface area contributed by atoms with Gasteiger partial charge in [-0.05, 0) is 36.2 Å². The number of anilines is 1. The molecule has 1 saturated carbocycles. The van der Waals surface area contributed by atoms with E-state index in [1.165, 1.54) is 29.4 Å². The third kappa shape index (κ3) is 2.57. The van der Waals surface area contributed by atoms with E-state index in [0.717, 1.165) is 0 Å². The van der Waals surface area contributed by atoms with Crippen molar-refractivity contribution < 1.29 is 28.5 Å². The second-order valence-electron chi connectivity index (χ2n) is 9.42. The molecule has 0 N–H and O–H groups in total.